The van der Waals surface area contributed by atoms with E-state index in [0.717, 1.165) is 28.5 Å². The van der Waals surface area contributed by atoms with Crippen LogP contribution < -0.4 is 5.73 Å². The minimum Gasteiger partial charge on any atom is -0.399 e. The molecule has 3 aromatic rings. The Balaban J connectivity index is 1.76. The molecule has 0 radical (unpaired) electrons. The molecule has 96 valence electrons. The van der Waals surface area contributed by atoms with E-state index in [1.54, 1.807) is 11.3 Å². The highest BCUT2D eigenvalue weighted by Crippen LogP contribution is 2.26. The van der Waals surface area contributed by atoms with E-state index >= 15 is 0 Å². The van der Waals surface area contributed by atoms with Crippen LogP contribution >= 0.6 is 27.3 Å². The molecule has 0 spiro atoms. The molecule has 2 aromatic carbocycles. The van der Waals surface area contributed by atoms with Gasteiger partial charge in [-0.05, 0) is 42.3 Å². The van der Waals surface area contributed by atoms with Crippen molar-refractivity contribution < 1.29 is 0 Å². The molecule has 0 saturated carbocycles. The van der Waals surface area contributed by atoms with Crippen LogP contribution in [0.15, 0.2) is 46.9 Å². The molecule has 0 bridgehead atoms. The average molecular weight is 333 g/mol. The van der Waals surface area contributed by atoms with Gasteiger partial charge in [0.1, 0.15) is 0 Å². The van der Waals surface area contributed by atoms with Gasteiger partial charge < -0.3 is 5.73 Å². The highest BCUT2D eigenvalue weighted by Gasteiger charge is 2.04. The first-order valence-electron chi connectivity index (χ1n) is 6.10. The second kappa shape index (κ2) is 5.31. The van der Waals surface area contributed by atoms with E-state index in [1.165, 1.54) is 15.3 Å². The first-order chi connectivity index (χ1) is 9.20. The van der Waals surface area contributed by atoms with E-state index < -0.39 is 0 Å². The minimum atomic E-state index is 0.814. The van der Waals surface area contributed by atoms with Crippen LogP contribution in [-0.4, -0.2) is 4.98 Å². The molecule has 4 heteroatoms. The summed E-state index contributed by atoms with van der Waals surface area (Å²) in [5.74, 6) is 0. The second-order valence-corrected chi connectivity index (χ2v) is 6.49. The first kappa shape index (κ1) is 12.6. The van der Waals surface area contributed by atoms with Gasteiger partial charge in [0.05, 0.1) is 15.2 Å². The van der Waals surface area contributed by atoms with Crippen LogP contribution in [0.1, 0.15) is 10.6 Å². The summed E-state index contributed by atoms with van der Waals surface area (Å²) in [5.41, 5.74) is 8.88. The van der Waals surface area contributed by atoms with Gasteiger partial charge >= 0.3 is 0 Å². The maximum absolute atomic E-state index is 5.68. The largest absolute Gasteiger partial charge is 0.399 e. The van der Waals surface area contributed by atoms with Crippen molar-refractivity contribution in [2.75, 3.05) is 5.73 Å². The maximum atomic E-state index is 5.68. The van der Waals surface area contributed by atoms with E-state index in [-0.39, 0.29) is 0 Å². The van der Waals surface area contributed by atoms with Gasteiger partial charge in [-0.1, -0.05) is 28.1 Å². The lowest BCUT2D eigenvalue weighted by Crippen LogP contribution is -1.91. The highest BCUT2D eigenvalue weighted by molar-refractivity contribution is 9.10. The summed E-state index contributed by atoms with van der Waals surface area (Å²) in [6, 6.07) is 14.3. The summed E-state index contributed by atoms with van der Waals surface area (Å²) in [7, 11) is 0. The second-order valence-electron chi connectivity index (χ2n) is 4.46. The molecule has 1 aromatic heterocycles. The lowest BCUT2D eigenvalue weighted by molar-refractivity contribution is 0.949. The summed E-state index contributed by atoms with van der Waals surface area (Å²) in [6.07, 6.45) is 1.97. The highest BCUT2D eigenvalue weighted by atomic mass is 79.9. The Labute approximate surface area is 124 Å². The number of anilines is 1. The number of thiazole rings is 1. The molecule has 0 amide bonds. The summed E-state index contributed by atoms with van der Waals surface area (Å²) in [5, 5.41) is 1.19. The van der Waals surface area contributed by atoms with Crippen LogP contribution in [0.25, 0.3) is 10.2 Å². The van der Waals surface area contributed by atoms with Crippen LogP contribution in [0.4, 0.5) is 5.69 Å². The third-order valence-electron chi connectivity index (χ3n) is 3.00. The molecule has 0 fully saturated rings. The van der Waals surface area contributed by atoms with Gasteiger partial charge in [-0.25, -0.2) is 4.98 Å². The number of fused-ring (bicyclic) bond motifs is 1. The number of aromatic nitrogens is 1. The molecule has 3 rings (SSSR count). The predicted octanol–water partition coefficient (Wildman–Crippen LogP) is 4.43. The number of halogens is 1. The molecule has 0 aliphatic heterocycles. The zero-order valence-electron chi connectivity index (χ0n) is 10.3. The van der Waals surface area contributed by atoms with Gasteiger partial charge in [-0.3, -0.25) is 0 Å². The first-order valence-corrected chi connectivity index (χ1v) is 7.71. The molecule has 0 aliphatic rings. The van der Waals surface area contributed by atoms with Crippen molar-refractivity contribution in [3.63, 3.8) is 0 Å². The van der Waals surface area contributed by atoms with E-state index in [0.29, 0.717) is 0 Å². The van der Waals surface area contributed by atoms with Gasteiger partial charge in [0.25, 0.3) is 0 Å². The van der Waals surface area contributed by atoms with Crippen molar-refractivity contribution in [1.29, 1.82) is 0 Å². The fourth-order valence-electron chi connectivity index (χ4n) is 1.99. The number of aryl methyl sites for hydroxylation is 2. The number of benzene rings is 2. The van der Waals surface area contributed by atoms with Crippen LogP contribution in [0, 0.1) is 0 Å². The Morgan fingerprint density at radius 1 is 1.05 bits per heavy atom. The number of nitrogen functional groups attached to an aromatic ring is 1. The summed E-state index contributed by atoms with van der Waals surface area (Å²) in [4.78, 5) is 4.66. The Morgan fingerprint density at radius 3 is 2.63 bits per heavy atom. The van der Waals surface area contributed by atoms with Crippen molar-refractivity contribution in [3.05, 3.63) is 57.5 Å². The average Bonchev–Trinajstić information content (AvgIpc) is 2.80. The summed E-state index contributed by atoms with van der Waals surface area (Å²) >= 11 is 5.26. The van der Waals surface area contributed by atoms with Gasteiger partial charge in [0, 0.05) is 16.6 Å². The fraction of sp³-hybridized carbons (Fsp3) is 0.133. The van der Waals surface area contributed by atoms with Crippen molar-refractivity contribution in [2.45, 2.75) is 12.8 Å². The van der Waals surface area contributed by atoms with Gasteiger partial charge in [-0.15, -0.1) is 11.3 Å². The quantitative estimate of drug-likeness (QED) is 0.720. The van der Waals surface area contributed by atoms with Crippen molar-refractivity contribution in [3.8, 4) is 0 Å². The lowest BCUT2D eigenvalue weighted by Gasteiger charge is -1.99. The van der Waals surface area contributed by atoms with E-state index in [2.05, 4.69) is 45.2 Å². The number of nitrogens with two attached hydrogens (primary N) is 1. The summed E-state index contributed by atoms with van der Waals surface area (Å²) in [6.45, 7) is 0. The molecule has 0 unspecified atom stereocenters. The molecule has 19 heavy (non-hydrogen) atoms. The summed E-state index contributed by atoms with van der Waals surface area (Å²) < 4.78 is 2.34. The van der Waals surface area contributed by atoms with Crippen LogP contribution in [0.3, 0.4) is 0 Å². The minimum absolute atomic E-state index is 0.814. The van der Waals surface area contributed by atoms with Gasteiger partial charge in [0.2, 0.25) is 0 Å². The Hall–Kier alpha value is -1.39. The molecule has 2 N–H and O–H groups in total. The topological polar surface area (TPSA) is 38.9 Å². The van der Waals surface area contributed by atoms with E-state index in [9.17, 15) is 0 Å². The number of hydrogen-bond donors (Lipinski definition) is 1. The monoisotopic (exact) mass is 332 g/mol. The third kappa shape index (κ3) is 2.96. The third-order valence-corrected chi connectivity index (χ3v) is 4.57. The molecule has 2 nitrogen and oxygen atoms in total. The predicted molar refractivity (Wildman–Crippen MR) is 85.6 cm³/mol. The van der Waals surface area contributed by atoms with Crippen molar-refractivity contribution in [2.24, 2.45) is 0 Å². The molecule has 1 heterocycles. The molecular weight excluding hydrogens is 320 g/mol. The number of rotatable bonds is 3. The maximum Gasteiger partial charge on any atom is 0.0941 e. The van der Waals surface area contributed by atoms with Crippen LogP contribution in [-0.2, 0) is 12.8 Å². The Kier molecular flexibility index (Phi) is 3.53. The SMILES string of the molecule is Nc1ccc(CCc2nc3ccc(Br)cc3s2)cc1. The normalized spacial score (nSPS) is 11.0. The molecule has 0 aliphatic carbocycles. The van der Waals surface area contributed by atoms with E-state index in [1.807, 2.05) is 18.2 Å². The van der Waals surface area contributed by atoms with Crippen LogP contribution in [0.5, 0.6) is 0 Å². The van der Waals surface area contributed by atoms with Crippen LogP contribution in [0.2, 0.25) is 0 Å². The lowest BCUT2D eigenvalue weighted by atomic mass is 10.1. The fourth-order valence-corrected chi connectivity index (χ4v) is 3.51. The molecule has 0 saturated heterocycles. The van der Waals surface area contributed by atoms with Crippen molar-refractivity contribution >= 4 is 43.2 Å². The molecule has 0 atom stereocenters. The van der Waals surface area contributed by atoms with E-state index in [4.69, 9.17) is 5.73 Å². The molecular formula is C15H13BrN2S. The smallest absolute Gasteiger partial charge is 0.0941 e. The van der Waals surface area contributed by atoms with Gasteiger partial charge in [0.15, 0.2) is 0 Å². The zero-order valence-corrected chi connectivity index (χ0v) is 12.7. The standard InChI is InChI=1S/C15H13BrN2S/c16-11-4-7-13-14(9-11)19-15(18-13)8-3-10-1-5-12(17)6-2-10/h1-2,4-7,9H,3,8,17H2. The number of nitrogens with zero attached hydrogens (tertiary/aromatic N) is 1. The van der Waals surface area contributed by atoms with Crippen molar-refractivity contribution in [1.82, 2.24) is 4.98 Å². The Morgan fingerprint density at radius 2 is 1.84 bits per heavy atom. The van der Waals surface area contributed by atoms with Gasteiger partial charge in [-0.2, -0.15) is 0 Å². The number of hydrogen-bond acceptors (Lipinski definition) is 3. The zero-order chi connectivity index (χ0) is 13.2. The Bertz CT molecular complexity index is 704.